The van der Waals surface area contributed by atoms with Gasteiger partial charge in [-0.2, -0.15) is 0 Å². The summed E-state index contributed by atoms with van der Waals surface area (Å²) in [6, 6.07) is 6.70. The van der Waals surface area contributed by atoms with E-state index < -0.39 is 0 Å². The predicted octanol–water partition coefficient (Wildman–Crippen LogP) is 4.70. The highest BCUT2D eigenvalue weighted by Crippen LogP contribution is 2.30. The lowest BCUT2D eigenvalue weighted by Gasteiger charge is -2.21. The number of hydrogen-bond donors (Lipinski definition) is 1. The number of rotatable bonds is 5. The molecule has 1 aromatic rings. The molecule has 0 bridgehead atoms. The van der Waals surface area contributed by atoms with E-state index in [1.54, 1.807) is 0 Å². The fourth-order valence-electron chi connectivity index (χ4n) is 2.85. The van der Waals surface area contributed by atoms with Gasteiger partial charge >= 0.3 is 0 Å². The average Bonchev–Trinajstić information content (AvgIpc) is 2.79. The molecule has 2 unspecified atom stereocenters. The Morgan fingerprint density at radius 1 is 1.22 bits per heavy atom. The van der Waals surface area contributed by atoms with Gasteiger partial charge in [0.1, 0.15) is 0 Å². The lowest BCUT2D eigenvalue weighted by atomic mass is 9.94. The van der Waals surface area contributed by atoms with E-state index in [9.17, 15) is 0 Å². The Kier molecular flexibility index (Phi) is 5.35. The first-order valence-electron chi connectivity index (χ1n) is 6.88. The van der Waals surface area contributed by atoms with Crippen LogP contribution >= 0.6 is 23.2 Å². The van der Waals surface area contributed by atoms with E-state index >= 15 is 0 Å². The maximum atomic E-state index is 6.07. The second-order valence-electron chi connectivity index (χ2n) is 5.20. The third-order valence-corrected chi connectivity index (χ3v) is 4.54. The van der Waals surface area contributed by atoms with Gasteiger partial charge in [0.25, 0.3) is 0 Å². The van der Waals surface area contributed by atoms with Gasteiger partial charge in [0.15, 0.2) is 0 Å². The van der Waals surface area contributed by atoms with Crippen LogP contribution in [0.4, 0.5) is 0 Å². The molecular weight excluding hydrogens is 265 g/mol. The molecule has 1 nitrogen and oxygen atoms in total. The first-order valence-corrected chi connectivity index (χ1v) is 7.63. The van der Waals surface area contributed by atoms with Gasteiger partial charge in [-0.3, -0.25) is 0 Å². The van der Waals surface area contributed by atoms with Crippen molar-refractivity contribution in [2.75, 3.05) is 6.54 Å². The van der Waals surface area contributed by atoms with Gasteiger partial charge in [-0.1, -0.05) is 42.6 Å². The summed E-state index contributed by atoms with van der Waals surface area (Å²) >= 11 is 12.0. The van der Waals surface area contributed by atoms with Crippen molar-refractivity contribution in [1.82, 2.24) is 5.32 Å². The highest BCUT2D eigenvalue weighted by molar-refractivity contribution is 6.42. The molecule has 0 aromatic heterocycles. The lowest BCUT2D eigenvalue weighted by molar-refractivity contribution is 0.399. The highest BCUT2D eigenvalue weighted by atomic mass is 35.5. The molecule has 1 aliphatic carbocycles. The summed E-state index contributed by atoms with van der Waals surface area (Å²) in [7, 11) is 0. The summed E-state index contributed by atoms with van der Waals surface area (Å²) in [5, 5.41) is 4.99. The second-order valence-corrected chi connectivity index (χ2v) is 6.02. The van der Waals surface area contributed by atoms with E-state index in [0.29, 0.717) is 16.1 Å². The molecule has 0 spiro atoms. The van der Waals surface area contributed by atoms with Crippen LogP contribution in [-0.4, -0.2) is 12.6 Å². The monoisotopic (exact) mass is 285 g/mol. The van der Waals surface area contributed by atoms with Gasteiger partial charge in [0.05, 0.1) is 10.0 Å². The zero-order valence-corrected chi connectivity index (χ0v) is 12.4. The van der Waals surface area contributed by atoms with Crippen molar-refractivity contribution < 1.29 is 0 Å². The van der Waals surface area contributed by atoms with Gasteiger partial charge in [0, 0.05) is 6.04 Å². The first kappa shape index (κ1) is 14.2. The van der Waals surface area contributed by atoms with Crippen LogP contribution in [0.15, 0.2) is 18.2 Å². The first-order chi connectivity index (χ1) is 8.70. The van der Waals surface area contributed by atoms with Gasteiger partial charge < -0.3 is 5.32 Å². The number of hydrogen-bond acceptors (Lipinski definition) is 1. The van der Waals surface area contributed by atoms with E-state index in [-0.39, 0.29) is 0 Å². The summed E-state index contributed by atoms with van der Waals surface area (Å²) in [6.45, 7) is 3.35. The third-order valence-electron chi connectivity index (χ3n) is 3.80. The zero-order chi connectivity index (χ0) is 13.0. The number of nitrogens with one attached hydrogen (secondary N) is 1. The quantitative estimate of drug-likeness (QED) is 0.827. The predicted molar refractivity (Wildman–Crippen MR) is 79.6 cm³/mol. The van der Waals surface area contributed by atoms with Gasteiger partial charge in [-0.15, -0.1) is 0 Å². The smallest absolute Gasteiger partial charge is 0.0595 e. The van der Waals surface area contributed by atoms with Crippen LogP contribution in [0.1, 0.15) is 38.2 Å². The third kappa shape index (κ3) is 3.63. The molecule has 3 heteroatoms. The molecule has 2 atom stereocenters. The van der Waals surface area contributed by atoms with Crippen molar-refractivity contribution >= 4 is 23.2 Å². The van der Waals surface area contributed by atoms with E-state index in [1.807, 2.05) is 12.1 Å². The fraction of sp³-hybridized carbons (Fsp3) is 0.600. The number of halogens is 2. The summed E-state index contributed by atoms with van der Waals surface area (Å²) < 4.78 is 0. The molecular formula is C15H21Cl2N. The van der Waals surface area contributed by atoms with Crippen molar-refractivity contribution in [3.05, 3.63) is 33.8 Å². The van der Waals surface area contributed by atoms with Gasteiger partial charge in [-0.25, -0.2) is 0 Å². The molecule has 1 aliphatic rings. The molecule has 0 radical (unpaired) electrons. The van der Waals surface area contributed by atoms with E-state index in [4.69, 9.17) is 23.2 Å². The summed E-state index contributed by atoms with van der Waals surface area (Å²) in [5.74, 6) is 0.744. The highest BCUT2D eigenvalue weighted by Gasteiger charge is 2.26. The Morgan fingerprint density at radius 3 is 2.78 bits per heavy atom. The van der Waals surface area contributed by atoms with Crippen LogP contribution in [-0.2, 0) is 6.42 Å². The number of benzene rings is 1. The minimum absolute atomic E-state index is 0.646. The molecule has 1 aromatic carbocycles. The normalized spacial score (nSPS) is 23.5. The van der Waals surface area contributed by atoms with Crippen molar-refractivity contribution in [3.63, 3.8) is 0 Å². The largest absolute Gasteiger partial charge is 0.314 e. The van der Waals surface area contributed by atoms with Crippen molar-refractivity contribution in [2.24, 2.45) is 5.92 Å². The molecule has 0 amide bonds. The van der Waals surface area contributed by atoms with Crippen molar-refractivity contribution in [2.45, 2.75) is 45.1 Å². The van der Waals surface area contributed by atoms with Gasteiger partial charge in [0.2, 0.25) is 0 Å². The fourth-order valence-corrected chi connectivity index (χ4v) is 3.17. The minimum Gasteiger partial charge on any atom is -0.314 e. The van der Waals surface area contributed by atoms with Crippen LogP contribution in [0, 0.1) is 5.92 Å². The lowest BCUT2D eigenvalue weighted by Crippen LogP contribution is -2.33. The molecule has 1 N–H and O–H groups in total. The molecule has 0 aliphatic heterocycles. The van der Waals surface area contributed by atoms with Crippen LogP contribution in [0.2, 0.25) is 10.0 Å². The molecule has 0 heterocycles. The Hall–Kier alpha value is -0.240. The second kappa shape index (κ2) is 6.79. The molecule has 1 saturated carbocycles. The van der Waals surface area contributed by atoms with Crippen molar-refractivity contribution in [3.8, 4) is 0 Å². The van der Waals surface area contributed by atoms with E-state index in [0.717, 1.165) is 18.9 Å². The van der Waals surface area contributed by atoms with Crippen LogP contribution in [0.25, 0.3) is 0 Å². The Labute approximate surface area is 120 Å². The summed E-state index contributed by atoms with van der Waals surface area (Å²) in [5.41, 5.74) is 1.31. The van der Waals surface area contributed by atoms with Gasteiger partial charge in [-0.05, 0) is 55.8 Å². The average molecular weight is 286 g/mol. The van der Waals surface area contributed by atoms with E-state index in [1.165, 1.54) is 31.2 Å². The molecule has 2 rings (SSSR count). The Morgan fingerprint density at radius 2 is 2.06 bits per heavy atom. The topological polar surface area (TPSA) is 12.0 Å². The van der Waals surface area contributed by atoms with Crippen LogP contribution in [0.3, 0.4) is 0 Å². The van der Waals surface area contributed by atoms with Crippen LogP contribution < -0.4 is 5.32 Å². The standard InChI is InChI=1S/C15H21Cl2N/c1-2-8-18-15-5-3-4-12(15)9-11-6-7-13(16)14(17)10-11/h6-7,10,12,15,18H,2-5,8-9H2,1H3. The molecule has 1 fully saturated rings. The Bertz CT molecular complexity index is 392. The minimum atomic E-state index is 0.646. The molecule has 100 valence electrons. The SMILES string of the molecule is CCCNC1CCCC1Cc1ccc(Cl)c(Cl)c1. The van der Waals surface area contributed by atoms with Crippen molar-refractivity contribution in [1.29, 1.82) is 0 Å². The maximum absolute atomic E-state index is 6.07. The Balaban J connectivity index is 1.96. The van der Waals surface area contributed by atoms with Crippen LogP contribution in [0.5, 0.6) is 0 Å². The molecule has 18 heavy (non-hydrogen) atoms. The zero-order valence-electron chi connectivity index (χ0n) is 10.9. The molecule has 0 saturated heterocycles. The maximum Gasteiger partial charge on any atom is 0.0595 e. The van der Waals surface area contributed by atoms with E-state index in [2.05, 4.69) is 18.3 Å². The summed E-state index contributed by atoms with van der Waals surface area (Å²) in [6.07, 6.45) is 6.29. The summed E-state index contributed by atoms with van der Waals surface area (Å²) in [4.78, 5) is 0.